The van der Waals surface area contributed by atoms with Crippen molar-refractivity contribution in [2.75, 3.05) is 0 Å². The van der Waals surface area contributed by atoms with E-state index in [2.05, 4.69) is 0 Å². The van der Waals surface area contributed by atoms with Crippen LogP contribution in [0.25, 0.3) is 0 Å². The summed E-state index contributed by atoms with van der Waals surface area (Å²) in [6, 6.07) is 8.78. The number of aliphatic hydroxyl groups excluding tert-OH is 1. The maximum Gasteiger partial charge on any atom is 0.340 e. The lowest BCUT2D eigenvalue weighted by molar-refractivity contribution is -0.236. The molecule has 1 aliphatic rings. The molecule has 1 aromatic carbocycles. The Hall–Kier alpha value is -1.39. The van der Waals surface area contributed by atoms with Crippen LogP contribution in [-0.4, -0.2) is 29.6 Å². The quantitative estimate of drug-likeness (QED) is 0.832. The molecule has 0 spiro atoms. The van der Waals surface area contributed by atoms with Gasteiger partial charge in [-0.25, -0.2) is 4.79 Å². The number of hydrogen-bond acceptors (Lipinski definition) is 4. The van der Waals surface area contributed by atoms with E-state index in [0.29, 0.717) is 5.56 Å². The minimum Gasteiger partial charge on any atom is -0.432 e. The van der Waals surface area contributed by atoms with E-state index in [0.717, 1.165) is 0 Å². The van der Waals surface area contributed by atoms with E-state index in [1.807, 2.05) is 26.8 Å². The van der Waals surface area contributed by atoms with E-state index < -0.39 is 18.4 Å². The fraction of sp³-hybridized carbons (Fsp3) is 0.533. The van der Waals surface area contributed by atoms with Crippen LogP contribution in [0.5, 0.6) is 0 Å². The van der Waals surface area contributed by atoms with Crippen molar-refractivity contribution in [3.63, 3.8) is 0 Å². The summed E-state index contributed by atoms with van der Waals surface area (Å²) in [6.45, 7) is 5.64. The van der Waals surface area contributed by atoms with Crippen LogP contribution in [0, 0.1) is 11.8 Å². The molecule has 19 heavy (non-hydrogen) atoms. The van der Waals surface area contributed by atoms with Gasteiger partial charge in [0, 0.05) is 11.8 Å². The van der Waals surface area contributed by atoms with Gasteiger partial charge < -0.3 is 14.6 Å². The zero-order valence-electron chi connectivity index (χ0n) is 11.4. The minimum atomic E-state index is -0.700. The second-order valence-corrected chi connectivity index (χ2v) is 5.19. The average Bonchev–Trinajstić information content (AvgIpc) is 2.43. The lowest BCUT2D eigenvalue weighted by Crippen LogP contribution is -2.49. The largest absolute Gasteiger partial charge is 0.432 e. The normalized spacial score (nSPS) is 34.8. The number of rotatable bonds is 2. The van der Waals surface area contributed by atoms with E-state index in [9.17, 15) is 9.90 Å². The van der Waals surface area contributed by atoms with Crippen molar-refractivity contribution >= 4 is 5.97 Å². The number of carbonyl (C=O) groups excluding carboxylic acids is 1. The molecule has 4 nitrogen and oxygen atoms in total. The van der Waals surface area contributed by atoms with Crippen LogP contribution in [0.1, 0.15) is 31.1 Å². The third-order valence-electron chi connectivity index (χ3n) is 3.83. The summed E-state index contributed by atoms with van der Waals surface area (Å²) >= 11 is 0. The van der Waals surface area contributed by atoms with E-state index in [1.54, 1.807) is 24.3 Å². The maximum atomic E-state index is 12.0. The zero-order valence-corrected chi connectivity index (χ0v) is 11.4. The summed E-state index contributed by atoms with van der Waals surface area (Å²) in [4.78, 5) is 12.0. The molecule has 2 rings (SSSR count). The highest BCUT2D eigenvalue weighted by atomic mass is 16.7. The number of aliphatic hydroxyl groups is 1. The Kier molecular flexibility index (Phi) is 4.22. The van der Waals surface area contributed by atoms with E-state index in [-0.39, 0.29) is 17.9 Å². The Labute approximate surface area is 113 Å². The van der Waals surface area contributed by atoms with Crippen LogP contribution in [0.4, 0.5) is 0 Å². The molecule has 1 saturated heterocycles. The molecule has 104 valence electrons. The molecule has 0 radical (unpaired) electrons. The van der Waals surface area contributed by atoms with Gasteiger partial charge in [0.2, 0.25) is 6.29 Å². The highest BCUT2D eigenvalue weighted by Gasteiger charge is 2.40. The lowest BCUT2D eigenvalue weighted by atomic mass is 9.86. The topological polar surface area (TPSA) is 55.8 Å². The molecular weight excluding hydrogens is 244 g/mol. The number of benzene rings is 1. The van der Waals surface area contributed by atoms with E-state index >= 15 is 0 Å². The smallest absolute Gasteiger partial charge is 0.340 e. The highest BCUT2D eigenvalue weighted by Crippen LogP contribution is 2.30. The summed E-state index contributed by atoms with van der Waals surface area (Å²) in [5.74, 6) is -0.632. The number of ether oxygens (including phenoxy) is 2. The van der Waals surface area contributed by atoms with Crippen LogP contribution in [0.15, 0.2) is 30.3 Å². The molecule has 1 fully saturated rings. The Balaban J connectivity index is 2.05. The second-order valence-electron chi connectivity index (χ2n) is 5.19. The summed E-state index contributed by atoms with van der Waals surface area (Å²) in [5, 5.41) is 10.1. The first kappa shape index (κ1) is 14.0. The molecule has 2 unspecified atom stereocenters. The van der Waals surface area contributed by atoms with Gasteiger partial charge in [-0.1, -0.05) is 32.0 Å². The number of carbonyl (C=O) groups is 1. The first-order valence-corrected chi connectivity index (χ1v) is 6.60. The summed E-state index contributed by atoms with van der Waals surface area (Å²) in [5.41, 5.74) is 0.485. The van der Waals surface area contributed by atoms with E-state index in [4.69, 9.17) is 9.47 Å². The summed E-state index contributed by atoms with van der Waals surface area (Å²) < 4.78 is 11.0. The molecule has 0 bridgehead atoms. The minimum absolute atomic E-state index is 0.0293. The van der Waals surface area contributed by atoms with Gasteiger partial charge in [0.15, 0.2) is 0 Å². The Morgan fingerprint density at radius 1 is 1.16 bits per heavy atom. The monoisotopic (exact) mass is 264 g/mol. The summed E-state index contributed by atoms with van der Waals surface area (Å²) in [7, 11) is 0. The molecule has 1 aromatic rings. The fourth-order valence-corrected chi connectivity index (χ4v) is 2.26. The molecule has 0 aromatic heterocycles. The van der Waals surface area contributed by atoms with Gasteiger partial charge in [-0.15, -0.1) is 0 Å². The van der Waals surface area contributed by atoms with Gasteiger partial charge in [0.05, 0.1) is 17.8 Å². The van der Waals surface area contributed by atoms with Gasteiger partial charge in [-0.05, 0) is 19.1 Å². The predicted molar refractivity (Wildman–Crippen MR) is 70.5 cm³/mol. The molecule has 1 N–H and O–H groups in total. The van der Waals surface area contributed by atoms with Crippen LogP contribution < -0.4 is 0 Å². The number of esters is 1. The van der Waals surface area contributed by atoms with Gasteiger partial charge >= 0.3 is 5.97 Å². The van der Waals surface area contributed by atoms with E-state index in [1.165, 1.54) is 0 Å². The van der Waals surface area contributed by atoms with Gasteiger partial charge in [0.1, 0.15) is 0 Å². The SMILES string of the molecule is CC1O[C@@H](OC(=O)c2ccccc2)C(C)[C@@H](O)[C@@H]1C. The Morgan fingerprint density at radius 2 is 1.79 bits per heavy atom. The van der Waals surface area contributed by atoms with Crippen LogP contribution in [0.3, 0.4) is 0 Å². The highest BCUT2D eigenvalue weighted by molar-refractivity contribution is 5.89. The maximum absolute atomic E-state index is 12.0. The van der Waals surface area contributed by atoms with Crippen molar-refractivity contribution in [1.82, 2.24) is 0 Å². The lowest BCUT2D eigenvalue weighted by Gasteiger charge is -2.40. The van der Waals surface area contributed by atoms with Crippen LogP contribution in [-0.2, 0) is 9.47 Å². The Morgan fingerprint density at radius 3 is 2.42 bits per heavy atom. The third-order valence-corrected chi connectivity index (χ3v) is 3.83. The first-order chi connectivity index (χ1) is 9.00. The molecule has 1 heterocycles. The molecular formula is C15H20O4. The first-order valence-electron chi connectivity index (χ1n) is 6.60. The van der Waals surface area contributed by atoms with Crippen molar-refractivity contribution in [3.8, 4) is 0 Å². The van der Waals surface area contributed by atoms with Crippen LogP contribution in [0.2, 0.25) is 0 Å². The average molecular weight is 264 g/mol. The van der Waals surface area contributed by atoms with Crippen molar-refractivity contribution in [2.45, 2.75) is 39.3 Å². The molecule has 5 atom stereocenters. The zero-order chi connectivity index (χ0) is 14.0. The van der Waals surface area contributed by atoms with Crippen molar-refractivity contribution in [3.05, 3.63) is 35.9 Å². The molecule has 0 saturated carbocycles. The van der Waals surface area contributed by atoms with Crippen molar-refractivity contribution < 1.29 is 19.4 Å². The Bertz CT molecular complexity index is 431. The standard InChI is InChI=1S/C15H20O4/c1-9-11(3)18-15(10(2)13(9)16)19-14(17)12-7-5-4-6-8-12/h4-11,13,15-16H,1-3H3/t9-,10?,11?,13+,15+/m1/s1. The molecule has 4 heteroatoms. The third kappa shape index (κ3) is 2.96. The van der Waals surface area contributed by atoms with Crippen LogP contribution >= 0.6 is 0 Å². The number of hydrogen-bond donors (Lipinski definition) is 1. The second kappa shape index (κ2) is 5.72. The molecule has 0 aliphatic carbocycles. The van der Waals surface area contributed by atoms with Crippen molar-refractivity contribution in [1.29, 1.82) is 0 Å². The van der Waals surface area contributed by atoms with Gasteiger partial charge in [-0.2, -0.15) is 0 Å². The van der Waals surface area contributed by atoms with Crippen molar-refractivity contribution in [2.24, 2.45) is 11.8 Å². The molecule has 1 aliphatic heterocycles. The van der Waals surface area contributed by atoms with Gasteiger partial charge in [0.25, 0.3) is 0 Å². The van der Waals surface area contributed by atoms with Gasteiger partial charge in [-0.3, -0.25) is 0 Å². The summed E-state index contributed by atoms with van der Waals surface area (Å²) in [6.07, 6.45) is -1.37. The molecule has 0 amide bonds. The fourth-order valence-electron chi connectivity index (χ4n) is 2.26. The predicted octanol–water partition coefficient (Wildman–Crippen LogP) is 2.22.